The van der Waals surface area contributed by atoms with E-state index in [1.54, 1.807) is 11.0 Å². The number of ether oxygens (including phenoxy) is 2. The molecular formula is C38H38N2O6. The van der Waals surface area contributed by atoms with E-state index in [0.717, 1.165) is 28.0 Å². The molecule has 0 bridgehead atoms. The normalized spacial score (nSPS) is 12.4. The number of aliphatic hydroxyl groups excluding tert-OH is 2. The van der Waals surface area contributed by atoms with Crippen LogP contribution in [0, 0.1) is 10.1 Å². The first-order chi connectivity index (χ1) is 22.4. The van der Waals surface area contributed by atoms with E-state index in [4.69, 9.17) is 9.47 Å². The second-order valence-electron chi connectivity index (χ2n) is 11.1. The molecule has 5 rings (SSSR count). The molecule has 0 saturated heterocycles. The van der Waals surface area contributed by atoms with Gasteiger partial charge in [0.25, 0.3) is 0 Å². The lowest BCUT2D eigenvalue weighted by Crippen LogP contribution is -2.38. The zero-order chi connectivity index (χ0) is 32.1. The lowest BCUT2D eigenvalue weighted by Gasteiger charge is -2.30. The number of hydrogen-bond acceptors (Lipinski definition) is 7. The molecule has 5 aromatic rings. The number of rotatable bonds is 16. The number of benzene rings is 5. The first-order valence-electron chi connectivity index (χ1n) is 15.3. The Kier molecular flexibility index (Phi) is 11.5. The highest BCUT2D eigenvalue weighted by atomic mass is 16.6. The van der Waals surface area contributed by atoms with E-state index < -0.39 is 17.3 Å². The highest BCUT2D eigenvalue weighted by Crippen LogP contribution is 2.32. The van der Waals surface area contributed by atoms with Crippen LogP contribution in [0.1, 0.15) is 40.3 Å². The average molecular weight is 619 g/mol. The number of nitrogens with zero attached hydrogens (tertiary/aromatic N) is 2. The molecule has 0 aliphatic heterocycles. The van der Waals surface area contributed by atoms with Gasteiger partial charge in [-0.3, -0.25) is 15.0 Å². The zero-order valence-electron chi connectivity index (χ0n) is 25.5. The maximum Gasteiger partial charge on any atom is 0.311 e. The van der Waals surface area contributed by atoms with Crippen LogP contribution in [0.4, 0.5) is 5.69 Å². The summed E-state index contributed by atoms with van der Waals surface area (Å²) in [6, 6.07) is 41.4. The molecule has 0 amide bonds. The minimum atomic E-state index is -1.08. The zero-order valence-corrected chi connectivity index (χ0v) is 25.5. The molecule has 5 aromatic carbocycles. The summed E-state index contributed by atoms with van der Waals surface area (Å²) >= 11 is 0. The Labute approximate surface area is 269 Å². The highest BCUT2D eigenvalue weighted by Gasteiger charge is 2.24. The molecule has 0 aliphatic rings. The third-order valence-electron chi connectivity index (χ3n) is 7.72. The van der Waals surface area contributed by atoms with E-state index in [2.05, 4.69) is 0 Å². The van der Waals surface area contributed by atoms with Crippen molar-refractivity contribution >= 4 is 5.69 Å². The van der Waals surface area contributed by atoms with Crippen LogP contribution in [0.3, 0.4) is 0 Å². The number of hydrogen-bond donors (Lipinski definition) is 2. The van der Waals surface area contributed by atoms with E-state index in [-0.39, 0.29) is 24.6 Å². The van der Waals surface area contributed by atoms with Gasteiger partial charge in [0, 0.05) is 19.2 Å². The average Bonchev–Trinajstić information content (AvgIpc) is 3.10. The van der Waals surface area contributed by atoms with Gasteiger partial charge in [0.15, 0.2) is 5.75 Å². The second-order valence-corrected chi connectivity index (χ2v) is 11.1. The van der Waals surface area contributed by atoms with Gasteiger partial charge in [-0.05, 0) is 58.9 Å². The van der Waals surface area contributed by atoms with Gasteiger partial charge in [0.05, 0.1) is 11.0 Å². The Morgan fingerprint density at radius 1 is 0.674 bits per heavy atom. The predicted molar refractivity (Wildman–Crippen MR) is 177 cm³/mol. The SMILES string of the molecule is O=[N+]([O-])c1cc([C@@H](O)CN(Cc2ccccc2)[C@@H](O)CCc2ccc(OCc3ccccc3)cc2)ccc1OCc1ccccc1. The molecule has 8 heteroatoms. The lowest BCUT2D eigenvalue weighted by molar-refractivity contribution is -0.386. The van der Waals surface area contributed by atoms with Gasteiger partial charge in [-0.1, -0.05) is 109 Å². The number of nitro groups is 1. The molecule has 2 N–H and O–H groups in total. The lowest BCUT2D eigenvalue weighted by atomic mass is 10.1. The van der Waals surface area contributed by atoms with Gasteiger partial charge < -0.3 is 19.7 Å². The van der Waals surface area contributed by atoms with Gasteiger partial charge >= 0.3 is 5.69 Å². The minimum Gasteiger partial charge on any atom is -0.489 e. The molecule has 0 aromatic heterocycles. The third-order valence-corrected chi connectivity index (χ3v) is 7.72. The summed E-state index contributed by atoms with van der Waals surface area (Å²) in [5.74, 6) is 0.898. The molecule has 0 heterocycles. The standard InChI is InChI=1S/C38H38N2O6/c41-36(33-19-22-37(35(24-33)40(43)44)46-28-32-14-8-3-9-15-32)26-39(25-30-10-4-1-5-11-30)38(42)23-18-29-16-20-34(21-17-29)45-27-31-12-6-2-7-13-31/h1-17,19-22,24,36,38,41-42H,18,23,25-28H2/t36-,38-/m0/s1. The van der Waals surface area contributed by atoms with Gasteiger partial charge in [-0.15, -0.1) is 0 Å². The number of aryl methyl sites for hydroxylation is 1. The van der Waals surface area contributed by atoms with Crippen LogP contribution in [0.5, 0.6) is 11.5 Å². The fourth-order valence-corrected chi connectivity index (χ4v) is 5.15. The molecule has 46 heavy (non-hydrogen) atoms. The van der Waals surface area contributed by atoms with Crippen molar-refractivity contribution in [3.63, 3.8) is 0 Å². The Morgan fingerprint density at radius 3 is 1.83 bits per heavy atom. The fraction of sp³-hybridized carbons (Fsp3) is 0.211. The molecule has 236 valence electrons. The molecule has 0 fully saturated rings. The van der Waals surface area contributed by atoms with Crippen LogP contribution < -0.4 is 9.47 Å². The molecule has 8 nitrogen and oxygen atoms in total. The Hall–Kier alpha value is -5.02. The summed E-state index contributed by atoms with van der Waals surface area (Å²) < 4.78 is 11.6. The maximum atomic E-state index is 11.9. The van der Waals surface area contributed by atoms with Crippen molar-refractivity contribution in [2.75, 3.05) is 6.54 Å². The summed E-state index contributed by atoms with van der Waals surface area (Å²) in [6.07, 6.45) is -0.912. The van der Waals surface area contributed by atoms with Crippen molar-refractivity contribution in [1.29, 1.82) is 0 Å². The van der Waals surface area contributed by atoms with Gasteiger partial charge in [-0.2, -0.15) is 0 Å². The first-order valence-corrected chi connectivity index (χ1v) is 15.3. The Balaban J connectivity index is 1.23. The summed E-state index contributed by atoms with van der Waals surface area (Å²) in [7, 11) is 0. The van der Waals surface area contributed by atoms with Crippen LogP contribution in [0.15, 0.2) is 133 Å². The Morgan fingerprint density at radius 2 is 1.24 bits per heavy atom. The van der Waals surface area contributed by atoms with Crippen LogP contribution in [-0.4, -0.2) is 32.8 Å². The van der Waals surface area contributed by atoms with Crippen LogP contribution in [0.25, 0.3) is 0 Å². The quantitative estimate of drug-likeness (QED) is 0.0682. The summed E-state index contributed by atoms with van der Waals surface area (Å²) in [5, 5.41) is 34.5. The molecule has 0 unspecified atom stereocenters. The van der Waals surface area contributed by atoms with Crippen molar-refractivity contribution in [3.05, 3.63) is 171 Å². The van der Waals surface area contributed by atoms with E-state index in [9.17, 15) is 20.3 Å². The summed E-state index contributed by atoms with van der Waals surface area (Å²) in [5.41, 5.74) is 4.16. The summed E-state index contributed by atoms with van der Waals surface area (Å²) in [4.78, 5) is 13.2. The topological polar surface area (TPSA) is 105 Å². The van der Waals surface area contributed by atoms with Crippen molar-refractivity contribution in [2.24, 2.45) is 0 Å². The summed E-state index contributed by atoms with van der Waals surface area (Å²) in [6.45, 7) is 1.14. The second kappa shape index (κ2) is 16.3. The van der Waals surface area contributed by atoms with Gasteiger partial charge in [0.2, 0.25) is 0 Å². The monoisotopic (exact) mass is 618 g/mol. The molecule has 2 atom stereocenters. The van der Waals surface area contributed by atoms with Crippen LogP contribution >= 0.6 is 0 Å². The molecule has 0 radical (unpaired) electrons. The van der Waals surface area contributed by atoms with Crippen molar-refractivity contribution in [1.82, 2.24) is 4.90 Å². The smallest absolute Gasteiger partial charge is 0.311 e. The van der Waals surface area contributed by atoms with Gasteiger partial charge in [-0.25, -0.2) is 0 Å². The largest absolute Gasteiger partial charge is 0.489 e. The predicted octanol–water partition coefficient (Wildman–Crippen LogP) is 7.24. The van der Waals surface area contributed by atoms with E-state index >= 15 is 0 Å². The fourth-order valence-electron chi connectivity index (χ4n) is 5.15. The molecule has 0 spiro atoms. The minimum absolute atomic E-state index is 0.0731. The number of aliphatic hydroxyl groups is 2. The third kappa shape index (κ3) is 9.49. The Bertz CT molecular complexity index is 1650. The highest BCUT2D eigenvalue weighted by molar-refractivity contribution is 5.49. The maximum absolute atomic E-state index is 11.9. The van der Waals surface area contributed by atoms with Crippen molar-refractivity contribution in [3.8, 4) is 11.5 Å². The van der Waals surface area contributed by atoms with Crippen molar-refractivity contribution in [2.45, 2.75) is 44.9 Å². The first kappa shape index (κ1) is 32.4. The van der Waals surface area contributed by atoms with E-state index in [1.165, 1.54) is 12.1 Å². The van der Waals surface area contributed by atoms with Gasteiger partial charge in [0.1, 0.15) is 25.2 Å². The van der Waals surface area contributed by atoms with E-state index in [0.29, 0.717) is 31.6 Å². The molecule has 0 aliphatic carbocycles. The molecule has 0 saturated carbocycles. The van der Waals surface area contributed by atoms with Crippen LogP contribution in [-0.2, 0) is 26.2 Å². The van der Waals surface area contributed by atoms with E-state index in [1.807, 2.05) is 115 Å². The molecular weight excluding hydrogens is 580 g/mol. The number of nitro benzene ring substituents is 1. The van der Waals surface area contributed by atoms with Crippen LogP contribution in [0.2, 0.25) is 0 Å². The van der Waals surface area contributed by atoms with Crippen molar-refractivity contribution < 1.29 is 24.6 Å².